The van der Waals surface area contributed by atoms with Crippen LogP contribution in [0.15, 0.2) is 82.8 Å². The first-order valence-corrected chi connectivity index (χ1v) is 11.0. The fourth-order valence-electron chi connectivity index (χ4n) is 2.85. The number of nitrogens with one attached hydrogen (secondary N) is 1. The summed E-state index contributed by atoms with van der Waals surface area (Å²) in [4.78, 5) is 12.7. The van der Waals surface area contributed by atoms with Gasteiger partial charge >= 0.3 is 0 Å². The van der Waals surface area contributed by atoms with E-state index in [1.807, 2.05) is 61.5 Å². The number of rotatable bonds is 9. The minimum Gasteiger partial charge on any atom is -0.493 e. The van der Waals surface area contributed by atoms with Crippen LogP contribution in [0.2, 0.25) is 0 Å². The quantitative estimate of drug-likeness (QED) is 0.279. The Morgan fingerprint density at radius 2 is 1.81 bits per heavy atom. The molecule has 3 aromatic carbocycles. The van der Waals surface area contributed by atoms with Crippen molar-refractivity contribution in [3.8, 4) is 17.6 Å². The lowest BCUT2D eigenvalue weighted by Gasteiger charge is -2.10. The van der Waals surface area contributed by atoms with E-state index in [1.165, 1.54) is 6.08 Å². The second-order valence-electron chi connectivity index (χ2n) is 6.95. The van der Waals surface area contributed by atoms with Gasteiger partial charge in [0.25, 0.3) is 5.91 Å². The van der Waals surface area contributed by atoms with E-state index in [1.54, 1.807) is 24.3 Å². The molecule has 0 aliphatic heterocycles. The maximum atomic E-state index is 12.7. The van der Waals surface area contributed by atoms with Crippen LogP contribution in [0, 0.1) is 11.3 Å². The van der Waals surface area contributed by atoms with E-state index in [-0.39, 0.29) is 5.57 Å². The number of hydrogen-bond acceptors (Lipinski definition) is 4. The Morgan fingerprint density at radius 1 is 1.06 bits per heavy atom. The molecule has 0 saturated carbocycles. The first-order valence-electron chi connectivity index (χ1n) is 10.2. The van der Waals surface area contributed by atoms with Crippen molar-refractivity contribution in [2.75, 3.05) is 11.9 Å². The molecule has 0 atom stereocenters. The Morgan fingerprint density at radius 3 is 2.50 bits per heavy atom. The first kappa shape index (κ1) is 23.1. The molecule has 3 rings (SSSR count). The van der Waals surface area contributed by atoms with Gasteiger partial charge in [0.2, 0.25) is 0 Å². The van der Waals surface area contributed by atoms with Crippen LogP contribution < -0.4 is 14.8 Å². The second kappa shape index (κ2) is 11.7. The lowest BCUT2D eigenvalue weighted by atomic mass is 10.1. The molecule has 0 saturated heterocycles. The topological polar surface area (TPSA) is 71.3 Å². The highest BCUT2D eigenvalue weighted by Gasteiger charge is 2.12. The van der Waals surface area contributed by atoms with Gasteiger partial charge in [0.15, 0.2) is 0 Å². The van der Waals surface area contributed by atoms with Crippen molar-refractivity contribution in [2.24, 2.45) is 0 Å². The maximum Gasteiger partial charge on any atom is 0.266 e. The highest BCUT2D eigenvalue weighted by molar-refractivity contribution is 9.10. The van der Waals surface area contributed by atoms with E-state index < -0.39 is 5.91 Å². The van der Waals surface area contributed by atoms with Gasteiger partial charge in [-0.25, -0.2) is 0 Å². The predicted octanol–water partition coefficient (Wildman–Crippen LogP) is 6.36. The average molecular weight is 491 g/mol. The Hall–Kier alpha value is -3.56. The molecule has 162 valence electrons. The second-order valence-corrected chi connectivity index (χ2v) is 7.87. The zero-order chi connectivity index (χ0) is 22.8. The highest BCUT2D eigenvalue weighted by atomic mass is 79.9. The number of nitriles is 1. The third-order valence-electron chi connectivity index (χ3n) is 4.46. The van der Waals surface area contributed by atoms with Gasteiger partial charge in [0.05, 0.1) is 6.61 Å². The van der Waals surface area contributed by atoms with Crippen LogP contribution in [0.25, 0.3) is 6.08 Å². The molecule has 0 aliphatic rings. The minimum absolute atomic E-state index is 0.0196. The van der Waals surface area contributed by atoms with Gasteiger partial charge in [0, 0.05) is 15.7 Å². The Labute approximate surface area is 196 Å². The molecular weight excluding hydrogens is 468 g/mol. The number of carbonyl (C=O) groups excluding carboxylic acids is 1. The Balaban J connectivity index is 1.67. The fourth-order valence-corrected chi connectivity index (χ4v) is 3.23. The summed E-state index contributed by atoms with van der Waals surface area (Å²) in [7, 11) is 0. The minimum atomic E-state index is -0.494. The molecule has 0 fully saturated rings. The molecule has 0 spiro atoms. The summed E-state index contributed by atoms with van der Waals surface area (Å²) in [6.45, 7) is 3.03. The zero-order valence-corrected chi connectivity index (χ0v) is 19.3. The van der Waals surface area contributed by atoms with Gasteiger partial charge in [-0.05, 0) is 60.5 Å². The van der Waals surface area contributed by atoms with E-state index in [2.05, 4.69) is 21.2 Å². The number of ether oxygens (including phenoxy) is 2. The van der Waals surface area contributed by atoms with E-state index in [0.717, 1.165) is 16.5 Å². The molecule has 0 aliphatic carbocycles. The zero-order valence-electron chi connectivity index (χ0n) is 17.7. The van der Waals surface area contributed by atoms with Crippen LogP contribution >= 0.6 is 15.9 Å². The molecule has 0 heterocycles. The Bertz CT molecular complexity index is 1120. The molecule has 0 bridgehead atoms. The van der Waals surface area contributed by atoms with E-state index >= 15 is 0 Å². The predicted molar refractivity (Wildman–Crippen MR) is 129 cm³/mol. The van der Waals surface area contributed by atoms with Crippen molar-refractivity contribution in [1.29, 1.82) is 5.26 Å². The molecule has 1 amide bonds. The monoisotopic (exact) mass is 490 g/mol. The number of nitrogens with zero attached hydrogens (tertiary/aromatic N) is 1. The molecular formula is C26H23BrN2O3. The van der Waals surface area contributed by atoms with Gasteiger partial charge in [-0.15, -0.1) is 0 Å². The fraction of sp³-hybridized carbons (Fsp3) is 0.154. The third kappa shape index (κ3) is 6.73. The van der Waals surface area contributed by atoms with Crippen LogP contribution in [-0.2, 0) is 11.4 Å². The average Bonchev–Trinajstić information content (AvgIpc) is 2.82. The van der Waals surface area contributed by atoms with E-state index in [0.29, 0.717) is 36.0 Å². The van der Waals surface area contributed by atoms with Crippen LogP contribution in [0.4, 0.5) is 5.69 Å². The number of halogens is 1. The number of anilines is 1. The molecule has 1 N–H and O–H groups in total. The van der Waals surface area contributed by atoms with Gasteiger partial charge in [-0.2, -0.15) is 5.26 Å². The lowest BCUT2D eigenvalue weighted by molar-refractivity contribution is -0.112. The van der Waals surface area contributed by atoms with Crippen molar-refractivity contribution in [3.05, 3.63) is 94.0 Å². The summed E-state index contributed by atoms with van der Waals surface area (Å²) in [6.07, 6.45) is 2.39. The van der Waals surface area contributed by atoms with Crippen LogP contribution in [0.3, 0.4) is 0 Å². The number of benzene rings is 3. The van der Waals surface area contributed by atoms with Crippen molar-refractivity contribution in [3.63, 3.8) is 0 Å². The summed E-state index contributed by atoms with van der Waals surface area (Å²) >= 11 is 3.42. The maximum absolute atomic E-state index is 12.7. The summed E-state index contributed by atoms with van der Waals surface area (Å²) in [5.74, 6) is 0.817. The highest BCUT2D eigenvalue weighted by Crippen LogP contribution is 2.26. The lowest BCUT2D eigenvalue weighted by Crippen LogP contribution is -2.13. The number of amides is 1. The number of carbonyl (C=O) groups is 1. The van der Waals surface area contributed by atoms with Gasteiger partial charge in [-0.1, -0.05) is 53.2 Å². The molecule has 5 nitrogen and oxygen atoms in total. The first-order chi connectivity index (χ1) is 15.6. The molecule has 3 aromatic rings. The van der Waals surface area contributed by atoms with Crippen molar-refractivity contribution in [2.45, 2.75) is 20.0 Å². The van der Waals surface area contributed by atoms with Gasteiger partial charge in [0.1, 0.15) is 29.7 Å². The van der Waals surface area contributed by atoms with Crippen molar-refractivity contribution >= 4 is 33.6 Å². The summed E-state index contributed by atoms with van der Waals surface area (Å²) in [5, 5.41) is 12.3. The Kier molecular flexibility index (Phi) is 8.47. The van der Waals surface area contributed by atoms with Crippen LogP contribution in [0.1, 0.15) is 24.5 Å². The van der Waals surface area contributed by atoms with Crippen molar-refractivity contribution in [1.82, 2.24) is 0 Å². The summed E-state index contributed by atoms with van der Waals surface area (Å²) < 4.78 is 12.3. The summed E-state index contributed by atoms with van der Waals surface area (Å²) in [5.41, 5.74) is 2.28. The van der Waals surface area contributed by atoms with Crippen LogP contribution in [-0.4, -0.2) is 12.5 Å². The molecule has 0 aromatic heterocycles. The largest absolute Gasteiger partial charge is 0.493 e. The van der Waals surface area contributed by atoms with E-state index in [4.69, 9.17) is 9.47 Å². The normalized spacial score (nSPS) is 10.8. The standard InChI is InChI=1S/C26H23BrN2O3/c1-2-14-31-25-13-8-22(27)16-20(25)15-21(17-28)26(30)29-23-9-11-24(12-10-23)32-18-19-6-4-3-5-7-19/h3-13,15-16H,2,14,18H2,1H3,(H,29,30)/b21-15+. The smallest absolute Gasteiger partial charge is 0.266 e. The molecule has 32 heavy (non-hydrogen) atoms. The van der Waals surface area contributed by atoms with E-state index in [9.17, 15) is 10.1 Å². The SMILES string of the molecule is CCCOc1ccc(Br)cc1/C=C(\C#N)C(=O)Nc1ccc(OCc2ccccc2)cc1. The summed E-state index contributed by atoms with van der Waals surface area (Å²) in [6, 6.07) is 24.4. The van der Waals surface area contributed by atoms with Gasteiger partial charge < -0.3 is 14.8 Å². The van der Waals surface area contributed by atoms with Crippen LogP contribution in [0.5, 0.6) is 11.5 Å². The molecule has 6 heteroatoms. The third-order valence-corrected chi connectivity index (χ3v) is 4.95. The molecule has 0 unspecified atom stereocenters. The van der Waals surface area contributed by atoms with Gasteiger partial charge in [-0.3, -0.25) is 4.79 Å². The molecule has 0 radical (unpaired) electrons. The number of hydrogen-bond donors (Lipinski definition) is 1. The van der Waals surface area contributed by atoms with Crippen molar-refractivity contribution < 1.29 is 14.3 Å².